The highest BCUT2D eigenvalue weighted by Gasteiger charge is 1.88. The molecule has 0 aromatic heterocycles. The molecule has 9 heavy (non-hydrogen) atoms. The zero-order valence-electron chi connectivity index (χ0n) is 6.98. The fraction of sp³-hybridized carbons (Fsp3) is 0.889. The molecule has 0 heterocycles. The normalized spacial score (nSPS) is 13.7. The van der Waals surface area contributed by atoms with Crippen LogP contribution in [0, 0.1) is 12.3 Å². The highest BCUT2D eigenvalue weighted by Crippen LogP contribution is 2.10. The molecule has 0 aromatic carbocycles. The first-order chi connectivity index (χ1) is 4.31. The van der Waals surface area contributed by atoms with Crippen LogP contribution in [0.5, 0.6) is 0 Å². The molecular formula is C9H19-. The Hall–Kier alpha value is 0. The minimum atomic E-state index is 0.830. The van der Waals surface area contributed by atoms with E-state index in [-0.39, 0.29) is 0 Å². The summed E-state index contributed by atoms with van der Waals surface area (Å²) in [5, 5.41) is 0. The molecule has 0 radical (unpaired) electrons. The highest BCUT2D eigenvalue weighted by atomic mass is 14.0. The van der Waals surface area contributed by atoms with Crippen LogP contribution >= 0.6 is 0 Å². The van der Waals surface area contributed by atoms with Crippen molar-refractivity contribution in [1.82, 2.24) is 0 Å². The summed E-state index contributed by atoms with van der Waals surface area (Å²) in [7, 11) is 0. The van der Waals surface area contributed by atoms with E-state index >= 15 is 0 Å². The fourth-order valence-electron chi connectivity index (χ4n) is 0.883. The van der Waals surface area contributed by atoms with Crippen molar-refractivity contribution in [1.29, 1.82) is 0 Å². The van der Waals surface area contributed by atoms with Crippen molar-refractivity contribution in [3.8, 4) is 0 Å². The van der Waals surface area contributed by atoms with E-state index < -0.39 is 0 Å². The van der Waals surface area contributed by atoms with Crippen molar-refractivity contribution in [2.45, 2.75) is 46.5 Å². The van der Waals surface area contributed by atoms with Gasteiger partial charge in [-0.05, 0) is 0 Å². The van der Waals surface area contributed by atoms with E-state index in [0.717, 1.165) is 5.92 Å². The summed E-state index contributed by atoms with van der Waals surface area (Å²) in [5.74, 6) is 0.830. The lowest BCUT2D eigenvalue weighted by atomic mass is 10.0. The number of rotatable bonds is 5. The summed E-state index contributed by atoms with van der Waals surface area (Å²) in [5.41, 5.74) is 0. The van der Waals surface area contributed by atoms with Gasteiger partial charge in [0.15, 0.2) is 0 Å². The first kappa shape index (κ1) is 9.00. The number of hydrogen-bond acceptors (Lipinski definition) is 0. The second-order valence-electron chi connectivity index (χ2n) is 2.81. The van der Waals surface area contributed by atoms with Gasteiger partial charge in [-0.1, -0.05) is 39.5 Å². The molecule has 0 saturated heterocycles. The lowest BCUT2D eigenvalue weighted by Gasteiger charge is -2.15. The quantitative estimate of drug-likeness (QED) is 0.392. The fourth-order valence-corrected chi connectivity index (χ4v) is 0.883. The molecule has 0 bridgehead atoms. The summed E-state index contributed by atoms with van der Waals surface area (Å²) in [6.45, 7) is 6.69. The van der Waals surface area contributed by atoms with E-state index in [9.17, 15) is 0 Å². The average molecular weight is 127 g/mol. The third-order valence-electron chi connectivity index (χ3n) is 1.83. The van der Waals surface area contributed by atoms with Crippen LogP contribution in [0.25, 0.3) is 0 Å². The maximum atomic E-state index is 2.29. The molecule has 56 valence electrons. The standard InChI is InChI=1S/C9H19/c1-4-6-7-8-9(3)5-2/h5,9H,4,6-8H2,1-3H3/q-1. The van der Waals surface area contributed by atoms with Crippen LogP contribution in [-0.2, 0) is 0 Å². The van der Waals surface area contributed by atoms with Crippen LogP contribution in [0.1, 0.15) is 46.5 Å². The lowest BCUT2D eigenvalue weighted by molar-refractivity contribution is 0.550. The van der Waals surface area contributed by atoms with Crippen molar-refractivity contribution in [2.75, 3.05) is 0 Å². The summed E-state index contributed by atoms with van der Waals surface area (Å²) in [4.78, 5) is 0. The molecule has 0 aliphatic rings. The lowest BCUT2D eigenvalue weighted by Crippen LogP contribution is -1.91. The molecule has 0 amide bonds. The van der Waals surface area contributed by atoms with Crippen molar-refractivity contribution in [2.24, 2.45) is 5.92 Å². The Balaban J connectivity index is 2.88. The number of hydrogen-bond donors (Lipinski definition) is 0. The molecule has 0 nitrogen and oxygen atoms in total. The summed E-state index contributed by atoms with van der Waals surface area (Å²) in [6.07, 6.45) is 7.82. The van der Waals surface area contributed by atoms with Gasteiger partial charge in [-0.2, -0.15) is 12.8 Å². The largest absolute Gasteiger partial charge is 0.329 e. The predicted octanol–water partition coefficient (Wildman–Crippen LogP) is 3.43. The van der Waals surface area contributed by atoms with Gasteiger partial charge in [0.25, 0.3) is 0 Å². The van der Waals surface area contributed by atoms with Gasteiger partial charge >= 0.3 is 0 Å². The molecule has 0 fully saturated rings. The van der Waals surface area contributed by atoms with Crippen LogP contribution in [0.3, 0.4) is 0 Å². The van der Waals surface area contributed by atoms with Gasteiger partial charge in [0.2, 0.25) is 0 Å². The Bertz CT molecular complexity index is 48.0. The smallest absolute Gasteiger partial charge is 0.0537 e. The maximum absolute atomic E-state index is 2.29. The Kier molecular flexibility index (Phi) is 6.12. The van der Waals surface area contributed by atoms with Crippen LogP contribution in [0.2, 0.25) is 0 Å². The Morgan fingerprint density at radius 2 is 2.00 bits per heavy atom. The van der Waals surface area contributed by atoms with Crippen LogP contribution < -0.4 is 0 Å². The monoisotopic (exact) mass is 127 g/mol. The van der Waals surface area contributed by atoms with E-state index in [1.807, 2.05) is 0 Å². The summed E-state index contributed by atoms with van der Waals surface area (Å²) in [6, 6.07) is 0. The van der Waals surface area contributed by atoms with Gasteiger partial charge in [-0.3, -0.25) is 0 Å². The van der Waals surface area contributed by atoms with Crippen molar-refractivity contribution in [3.05, 3.63) is 6.42 Å². The Labute approximate surface area is 59.7 Å². The summed E-state index contributed by atoms with van der Waals surface area (Å²) < 4.78 is 0. The topological polar surface area (TPSA) is 0 Å². The second kappa shape index (κ2) is 6.12. The molecule has 0 saturated carbocycles. The SMILES string of the molecule is C[CH-]C(C)CCCCC. The molecule has 0 N–H and O–H groups in total. The molecule has 1 unspecified atom stereocenters. The minimum absolute atomic E-state index is 0.830. The Morgan fingerprint density at radius 1 is 1.33 bits per heavy atom. The molecule has 0 spiro atoms. The van der Waals surface area contributed by atoms with E-state index in [0.29, 0.717) is 0 Å². The Morgan fingerprint density at radius 3 is 2.44 bits per heavy atom. The van der Waals surface area contributed by atoms with Gasteiger partial charge in [0.05, 0.1) is 0 Å². The molecule has 1 atom stereocenters. The second-order valence-corrected chi connectivity index (χ2v) is 2.81. The molecule has 0 aliphatic carbocycles. The number of unbranched alkanes of at least 4 members (excludes halogenated alkanes) is 2. The van der Waals surface area contributed by atoms with Crippen molar-refractivity contribution in [3.63, 3.8) is 0 Å². The molecular weight excluding hydrogens is 108 g/mol. The first-order valence-electron chi connectivity index (χ1n) is 4.10. The zero-order chi connectivity index (χ0) is 7.11. The van der Waals surface area contributed by atoms with Crippen molar-refractivity contribution < 1.29 is 0 Å². The van der Waals surface area contributed by atoms with Gasteiger partial charge in [0.1, 0.15) is 0 Å². The predicted molar refractivity (Wildman–Crippen MR) is 43.3 cm³/mol. The van der Waals surface area contributed by atoms with Crippen molar-refractivity contribution >= 4 is 0 Å². The molecule has 0 aromatic rings. The van der Waals surface area contributed by atoms with E-state index in [1.165, 1.54) is 25.7 Å². The molecule has 0 aliphatic heterocycles. The maximum Gasteiger partial charge on any atom is -0.0537 e. The third-order valence-corrected chi connectivity index (χ3v) is 1.83. The summed E-state index contributed by atoms with van der Waals surface area (Å²) >= 11 is 0. The highest BCUT2D eigenvalue weighted by molar-refractivity contribution is 4.65. The third kappa shape index (κ3) is 5.88. The molecule has 0 heteroatoms. The van der Waals surface area contributed by atoms with Crippen LogP contribution in [-0.4, -0.2) is 0 Å². The van der Waals surface area contributed by atoms with Gasteiger partial charge in [-0.15, -0.1) is 0 Å². The zero-order valence-corrected chi connectivity index (χ0v) is 6.98. The van der Waals surface area contributed by atoms with E-state index in [4.69, 9.17) is 0 Å². The average Bonchev–Trinajstić information content (AvgIpc) is 1.89. The van der Waals surface area contributed by atoms with Crippen LogP contribution in [0.15, 0.2) is 0 Å². The minimum Gasteiger partial charge on any atom is -0.329 e. The van der Waals surface area contributed by atoms with Gasteiger partial charge in [0, 0.05) is 0 Å². The van der Waals surface area contributed by atoms with E-state index in [1.54, 1.807) is 0 Å². The first-order valence-corrected chi connectivity index (χ1v) is 4.10. The molecule has 0 rings (SSSR count). The van der Waals surface area contributed by atoms with Gasteiger partial charge < -0.3 is 6.42 Å². The van der Waals surface area contributed by atoms with Crippen LogP contribution in [0.4, 0.5) is 0 Å². The van der Waals surface area contributed by atoms with E-state index in [2.05, 4.69) is 27.2 Å². The van der Waals surface area contributed by atoms with Gasteiger partial charge in [-0.25, -0.2) is 0 Å².